The van der Waals surface area contributed by atoms with Gasteiger partial charge in [-0.2, -0.15) is 0 Å². The molecule has 3 N–H and O–H groups in total. The topological polar surface area (TPSA) is 58.7 Å². The molecule has 1 rings (SSSR count). The number of nitrogens with two attached hydrogens (primary N) is 1. The number of nitrogen functional groups attached to an aromatic ring is 1. The van der Waals surface area contributed by atoms with Crippen LogP contribution in [-0.2, 0) is 0 Å². The average Bonchev–Trinajstić information content (AvgIpc) is 2.18. The number of ether oxygens (including phenoxy) is 1. The summed E-state index contributed by atoms with van der Waals surface area (Å²) in [5.74, 6) is 0.791. The Balaban J connectivity index is 2.35. The molecule has 4 heteroatoms. The van der Waals surface area contributed by atoms with E-state index in [-0.39, 0.29) is 5.75 Å². The molecule has 0 aliphatic carbocycles. The fourth-order valence-electron chi connectivity index (χ4n) is 1.19. The van der Waals surface area contributed by atoms with Crippen LogP contribution in [-0.4, -0.2) is 37.3 Å². The second-order valence-electron chi connectivity index (χ2n) is 3.73. The van der Waals surface area contributed by atoms with Crippen molar-refractivity contribution >= 4 is 5.69 Å². The Labute approximate surface area is 90.3 Å². The molecule has 15 heavy (non-hydrogen) atoms. The zero-order valence-electron chi connectivity index (χ0n) is 9.23. The minimum Gasteiger partial charge on any atom is -0.506 e. The highest BCUT2D eigenvalue weighted by Gasteiger charge is 1.99. The summed E-state index contributed by atoms with van der Waals surface area (Å²) < 4.78 is 5.47. The van der Waals surface area contributed by atoms with Crippen molar-refractivity contribution in [3.05, 3.63) is 18.2 Å². The lowest BCUT2D eigenvalue weighted by Gasteiger charge is -2.10. The molecule has 0 fully saturated rings. The Kier molecular flexibility index (Phi) is 4.24. The number of anilines is 1. The minimum absolute atomic E-state index is 0.0932. The molecule has 0 aliphatic heterocycles. The first-order chi connectivity index (χ1) is 7.09. The van der Waals surface area contributed by atoms with Crippen LogP contribution in [0.1, 0.15) is 6.42 Å². The molecule has 1 aromatic carbocycles. The highest BCUT2D eigenvalue weighted by molar-refractivity contribution is 5.55. The predicted octanol–water partition coefficient (Wildman–Crippen LogP) is 1.30. The molecule has 0 unspecified atom stereocenters. The van der Waals surface area contributed by atoms with E-state index in [1.807, 2.05) is 14.1 Å². The summed E-state index contributed by atoms with van der Waals surface area (Å²) in [7, 11) is 4.05. The molecule has 0 saturated heterocycles. The quantitative estimate of drug-likeness (QED) is 0.437. The molecule has 0 aliphatic rings. The zero-order chi connectivity index (χ0) is 11.3. The van der Waals surface area contributed by atoms with Gasteiger partial charge in [0.05, 0.1) is 12.3 Å². The molecule has 4 nitrogen and oxygen atoms in total. The smallest absolute Gasteiger partial charge is 0.138 e. The van der Waals surface area contributed by atoms with E-state index in [0.717, 1.165) is 13.0 Å². The van der Waals surface area contributed by atoms with Crippen molar-refractivity contribution in [3.63, 3.8) is 0 Å². The molecule has 84 valence electrons. The number of hydrogen-bond donors (Lipinski definition) is 2. The highest BCUT2D eigenvalue weighted by Crippen LogP contribution is 2.24. The maximum atomic E-state index is 9.20. The van der Waals surface area contributed by atoms with Crippen LogP contribution in [0.15, 0.2) is 18.2 Å². The van der Waals surface area contributed by atoms with E-state index in [4.69, 9.17) is 10.5 Å². The number of nitrogens with zero attached hydrogens (tertiary/aromatic N) is 1. The van der Waals surface area contributed by atoms with Crippen LogP contribution in [0.25, 0.3) is 0 Å². The van der Waals surface area contributed by atoms with Gasteiger partial charge in [0.1, 0.15) is 11.5 Å². The fourth-order valence-corrected chi connectivity index (χ4v) is 1.19. The molecular weight excluding hydrogens is 192 g/mol. The third kappa shape index (κ3) is 4.08. The van der Waals surface area contributed by atoms with Gasteiger partial charge >= 0.3 is 0 Å². The molecule has 0 atom stereocenters. The summed E-state index contributed by atoms with van der Waals surface area (Å²) in [5, 5.41) is 9.20. The molecule has 0 radical (unpaired) electrons. The van der Waals surface area contributed by atoms with Crippen LogP contribution in [0.3, 0.4) is 0 Å². The Morgan fingerprint density at radius 2 is 2.13 bits per heavy atom. The normalized spacial score (nSPS) is 10.6. The van der Waals surface area contributed by atoms with Crippen LogP contribution >= 0.6 is 0 Å². The van der Waals surface area contributed by atoms with Crippen molar-refractivity contribution in [1.29, 1.82) is 0 Å². The van der Waals surface area contributed by atoms with Crippen molar-refractivity contribution in [2.45, 2.75) is 6.42 Å². The first-order valence-corrected chi connectivity index (χ1v) is 4.95. The number of rotatable bonds is 5. The van der Waals surface area contributed by atoms with Crippen molar-refractivity contribution in [3.8, 4) is 11.5 Å². The number of hydrogen-bond acceptors (Lipinski definition) is 4. The van der Waals surface area contributed by atoms with E-state index in [1.165, 1.54) is 6.07 Å². The number of phenols is 1. The predicted molar refractivity (Wildman–Crippen MR) is 61.2 cm³/mol. The Bertz CT molecular complexity index is 313. The monoisotopic (exact) mass is 210 g/mol. The van der Waals surface area contributed by atoms with Crippen LogP contribution in [0.4, 0.5) is 5.69 Å². The van der Waals surface area contributed by atoms with Gasteiger partial charge in [-0.1, -0.05) is 0 Å². The SMILES string of the molecule is CN(C)CCCOc1ccc(O)c(N)c1. The van der Waals surface area contributed by atoms with E-state index >= 15 is 0 Å². The molecule has 1 aromatic rings. The number of benzene rings is 1. The van der Waals surface area contributed by atoms with E-state index in [9.17, 15) is 5.11 Å². The third-order valence-corrected chi connectivity index (χ3v) is 2.02. The summed E-state index contributed by atoms with van der Waals surface area (Å²) in [6.45, 7) is 1.65. The van der Waals surface area contributed by atoms with Gasteiger partial charge in [0.25, 0.3) is 0 Å². The summed E-state index contributed by atoms with van der Waals surface area (Å²) in [6, 6.07) is 4.88. The first kappa shape index (κ1) is 11.7. The van der Waals surface area contributed by atoms with Crippen LogP contribution in [0, 0.1) is 0 Å². The van der Waals surface area contributed by atoms with E-state index in [1.54, 1.807) is 12.1 Å². The van der Waals surface area contributed by atoms with Gasteiger partial charge in [-0.15, -0.1) is 0 Å². The Morgan fingerprint density at radius 1 is 1.40 bits per heavy atom. The summed E-state index contributed by atoms with van der Waals surface area (Å²) in [6.07, 6.45) is 0.966. The van der Waals surface area contributed by atoms with Crippen LogP contribution in [0.2, 0.25) is 0 Å². The standard InChI is InChI=1S/C11H18N2O2/c1-13(2)6-3-7-15-9-4-5-11(14)10(12)8-9/h4-5,8,14H,3,6-7,12H2,1-2H3. The van der Waals surface area contributed by atoms with Gasteiger partial charge in [0.2, 0.25) is 0 Å². The largest absolute Gasteiger partial charge is 0.506 e. The van der Waals surface area contributed by atoms with E-state index < -0.39 is 0 Å². The maximum absolute atomic E-state index is 9.20. The highest BCUT2D eigenvalue weighted by atomic mass is 16.5. The lowest BCUT2D eigenvalue weighted by atomic mass is 10.3. The van der Waals surface area contributed by atoms with E-state index in [0.29, 0.717) is 18.0 Å². The van der Waals surface area contributed by atoms with Gasteiger partial charge < -0.3 is 20.5 Å². The lowest BCUT2D eigenvalue weighted by molar-refractivity contribution is 0.281. The molecule has 0 amide bonds. The third-order valence-electron chi connectivity index (χ3n) is 2.02. The van der Waals surface area contributed by atoms with Gasteiger partial charge in [0.15, 0.2) is 0 Å². The second kappa shape index (κ2) is 5.46. The molecular formula is C11H18N2O2. The average molecular weight is 210 g/mol. The van der Waals surface area contributed by atoms with Gasteiger partial charge in [-0.05, 0) is 32.6 Å². The second-order valence-corrected chi connectivity index (χ2v) is 3.73. The van der Waals surface area contributed by atoms with Gasteiger partial charge in [-0.25, -0.2) is 0 Å². The maximum Gasteiger partial charge on any atom is 0.138 e. The molecule has 0 saturated carbocycles. The zero-order valence-corrected chi connectivity index (χ0v) is 9.23. The summed E-state index contributed by atoms with van der Waals surface area (Å²) in [4.78, 5) is 2.11. The molecule has 0 aromatic heterocycles. The summed E-state index contributed by atoms with van der Waals surface area (Å²) in [5.41, 5.74) is 5.88. The van der Waals surface area contributed by atoms with Crippen molar-refractivity contribution in [2.24, 2.45) is 0 Å². The van der Waals surface area contributed by atoms with E-state index in [2.05, 4.69) is 4.90 Å². The minimum atomic E-state index is 0.0932. The van der Waals surface area contributed by atoms with Crippen molar-refractivity contribution < 1.29 is 9.84 Å². The number of aromatic hydroxyl groups is 1. The van der Waals surface area contributed by atoms with Crippen molar-refractivity contribution in [2.75, 3.05) is 33.0 Å². The fraction of sp³-hybridized carbons (Fsp3) is 0.455. The Morgan fingerprint density at radius 3 is 2.73 bits per heavy atom. The Hall–Kier alpha value is -1.42. The molecule has 0 bridgehead atoms. The first-order valence-electron chi connectivity index (χ1n) is 4.95. The molecule has 0 heterocycles. The van der Waals surface area contributed by atoms with Crippen molar-refractivity contribution in [1.82, 2.24) is 4.90 Å². The number of phenolic OH excluding ortho intramolecular Hbond substituents is 1. The lowest BCUT2D eigenvalue weighted by Crippen LogP contribution is -2.15. The van der Waals surface area contributed by atoms with Gasteiger partial charge in [-0.3, -0.25) is 0 Å². The molecule has 0 spiro atoms. The van der Waals surface area contributed by atoms with Crippen LogP contribution in [0.5, 0.6) is 11.5 Å². The van der Waals surface area contributed by atoms with Crippen LogP contribution < -0.4 is 10.5 Å². The van der Waals surface area contributed by atoms with Gasteiger partial charge in [0, 0.05) is 12.6 Å². The summed E-state index contributed by atoms with van der Waals surface area (Å²) >= 11 is 0.